The van der Waals surface area contributed by atoms with Gasteiger partial charge in [-0.2, -0.15) is 11.8 Å². The first-order chi connectivity index (χ1) is 9.13. The predicted molar refractivity (Wildman–Crippen MR) is 83.9 cm³/mol. The molecule has 0 aromatic heterocycles. The van der Waals surface area contributed by atoms with Gasteiger partial charge in [0.15, 0.2) is 0 Å². The minimum atomic E-state index is 0.0259. The van der Waals surface area contributed by atoms with Crippen LogP contribution >= 0.6 is 23.5 Å². The Labute approximate surface area is 124 Å². The van der Waals surface area contributed by atoms with E-state index in [4.69, 9.17) is 4.74 Å². The van der Waals surface area contributed by atoms with Crippen LogP contribution in [0.3, 0.4) is 0 Å². The number of thioether (sulfide) groups is 2. The highest BCUT2D eigenvalue weighted by Crippen LogP contribution is 2.32. The molecule has 0 amide bonds. The number of hydrogen-bond acceptors (Lipinski definition) is 4. The van der Waals surface area contributed by atoms with E-state index in [2.05, 4.69) is 38.1 Å². The van der Waals surface area contributed by atoms with Gasteiger partial charge in [0.1, 0.15) is 0 Å². The molecule has 2 rings (SSSR count). The molecule has 106 valence electrons. The van der Waals surface area contributed by atoms with Crippen molar-refractivity contribution in [2.75, 3.05) is 25.6 Å². The second-order valence-electron chi connectivity index (χ2n) is 5.45. The number of ether oxygens (including phenoxy) is 1. The molecule has 1 heterocycles. The van der Waals surface area contributed by atoms with E-state index >= 15 is 0 Å². The Morgan fingerprint density at radius 3 is 2.42 bits per heavy atom. The normalized spacial score (nSPS) is 17.5. The summed E-state index contributed by atoms with van der Waals surface area (Å²) in [6, 6.07) is 8.82. The fourth-order valence-corrected chi connectivity index (χ4v) is 3.99. The zero-order valence-electron chi connectivity index (χ0n) is 11.6. The Morgan fingerprint density at radius 1 is 1.26 bits per heavy atom. The lowest BCUT2D eigenvalue weighted by Crippen LogP contribution is -2.47. The summed E-state index contributed by atoms with van der Waals surface area (Å²) in [6.45, 7) is 6.08. The Bertz CT molecular complexity index is 380. The van der Waals surface area contributed by atoms with Crippen molar-refractivity contribution < 1.29 is 9.84 Å². The van der Waals surface area contributed by atoms with Gasteiger partial charge in [-0.25, -0.2) is 0 Å². The van der Waals surface area contributed by atoms with E-state index in [1.165, 1.54) is 10.5 Å². The van der Waals surface area contributed by atoms with Crippen molar-refractivity contribution in [1.82, 2.24) is 0 Å². The van der Waals surface area contributed by atoms with E-state index in [0.29, 0.717) is 18.5 Å². The number of aliphatic hydroxyl groups is 1. The molecule has 1 fully saturated rings. The van der Waals surface area contributed by atoms with E-state index in [-0.39, 0.29) is 12.0 Å². The van der Waals surface area contributed by atoms with Gasteiger partial charge >= 0.3 is 0 Å². The third kappa shape index (κ3) is 4.42. The standard InChI is InChI=1S/C15H22O2S2/c1-12(2)19-14-5-3-13(4-6-14)7-18-11-15(8-16)9-17-10-15/h3-6,12,16H,7-11H2,1-2H3. The molecule has 0 atom stereocenters. The summed E-state index contributed by atoms with van der Waals surface area (Å²) in [7, 11) is 0. The van der Waals surface area contributed by atoms with E-state index in [1.807, 2.05) is 23.5 Å². The molecular weight excluding hydrogens is 276 g/mol. The van der Waals surface area contributed by atoms with Gasteiger partial charge < -0.3 is 9.84 Å². The van der Waals surface area contributed by atoms with Crippen LogP contribution in [0.5, 0.6) is 0 Å². The summed E-state index contributed by atoms with van der Waals surface area (Å²) in [5, 5.41) is 9.99. The molecule has 4 heteroatoms. The predicted octanol–water partition coefficient (Wildman–Crippen LogP) is 3.43. The SMILES string of the molecule is CC(C)Sc1ccc(CSCC2(CO)COC2)cc1. The van der Waals surface area contributed by atoms with Crippen LogP contribution in [-0.4, -0.2) is 35.9 Å². The van der Waals surface area contributed by atoms with Crippen molar-refractivity contribution in [1.29, 1.82) is 0 Å². The maximum absolute atomic E-state index is 9.36. The molecule has 1 aromatic carbocycles. The molecule has 0 aliphatic carbocycles. The molecule has 0 spiro atoms. The van der Waals surface area contributed by atoms with Gasteiger partial charge in [0.05, 0.1) is 19.8 Å². The molecule has 1 aliphatic rings. The second-order valence-corrected chi connectivity index (χ2v) is 8.09. The van der Waals surface area contributed by atoms with Gasteiger partial charge in [-0.1, -0.05) is 26.0 Å². The monoisotopic (exact) mass is 298 g/mol. The summed E-state index contributed by atoms with van der Waals surface area (Å²) in [5.41, 5.74) is 1.38. The largest absolute Gasteiger partial charge is 0.396 e. The molecule has 0 unspecified atom stereocenters. The average Bonchev–Trinajstić information content (AvgIpc) is 2.34. The third-order valence-corrected chi connectivity index (χ3v) is 5.49. The Morgan fingerprint density at radius 2 is 1.95 bits per heavy atom. The summed E-state index contributed by atoms with van der Waals surface area (Å²) in [5.74, 6) is 1.99. The van der Waals surface area contributed by atoms with Gasteiger partial charge in [0.2, 0.25) is 0 Å². The van der Waals surface area contributed by atoms with E-state index in [0.717, 1.165) is 11.5 Å². The Hall–Kier alpha value is -0.160. The first kappa shape index (κ1) is 15.2. The molecule has 1 N–H and O–H groups in total. The zero-order valence-corrected chi connectivity index (χ0v) is 13.2. The van der Waals surface area contributed by atoms with Crippen LogP contribution in [0, 0.1) is 5.41 Å². The average molecular weight is 298 g/mol. The van der Waals surface area contributed by atoms with Crippen molar-refractivity contribution in [2.45, 2.75) is 29.7 Å². The summed E-state index contributed by atoms with van der Waals surface area (Å²) in [4.78, 5) is 1.34. The van der Waals surface area contributed by atoms with E-state index in [1.54, 1.807) is 0 Å². The van der Waals surface area contributed by atoms with Crippen LogP contribution < -0.4 is 0 Å². The van der Waals surface area contributed by atoms with Crippen LogP contribution in [0.15, 0.2) is 29.2 Å². The molecule has 0 saturated carbocycles. The van der Waals surface area contributed by atoms with Crippen molar-refractivity contribution in [3.05, 3.63) is 29.8 Å². The van der Waals surface area contributed by atoms with Crippen LogP contribution in [0.1, 0.15) is 19.4 Å². The second kappa shape index (κ2) is 7.02. The van der Waals surface area contributed by atoms with Crippen LogP contribution in [0.25, 0.3) is 0 Å². The van der Waals surface area contributed by atoms with Crippen LogP contribution in [0.4, 0.5) is 0 Å². The van der Waals surface area contributed by atoms with Crippen LogP contribution in [-0.2, 0) is 10.5 Å². The fourth-order valence-electron chi connectivity index (χ4n) is 1.93. The first-order valence-corrected chi connectivity index (χ1v) is 8.69. The number of rotatable bonds is 7. The lowest BCUT2D eigenvalue weighted by molar-refractivity contribution is -0.121. The third-order valence-electron chi connectivity index (χ3n) is 3.12. The molecule has 19 heavy (non-hydrogen) atoms. The number of aliphatic hydroxyl groups excluding tert-OH is 1. The van der Waals surface area contributed by atoms with Crippen molar-refractivity contribution >= 4 is 23.5 Å². The molecule has 2 nitrogen and oxygen atoms in total. The molecule has 1 aromatic rings. The van der Waals surface area contributed by atoms with Crippen LogP contribution in [0.2, 0.25) is 0 Å². The van der Waals surface area contributed by atoms with Crippen molar-refractivity contribution in [2.24, 2.45) is 5.41 Å². The quantitative estimate of drug-likeness (QED) is 0.781. The highest BCUT2D eigenvalue weighted by Gasteiger charge is 2.37. The van der Waals surface area contributed by atoms with Crippen molar-refractivity contribution in [3.63, 3.8) is 0 Å². The molecule has 0 bridgehead atoms. The molecule has 1 saturated heterocycles. The number of benzene rings is 1. The maximum Gasteiger partial charge on any atom is 0.0575 e. The minimum absolute atomic E-state index is 0.0259. The van der Waals surface area contributed by atoms with E-state index < -0.39 is 0 Å². The Kier molecular flexibility index (Phi) is 5.63. The Balaban J connectivity index is 1.76. The van der Waals surface area contributed by atoms with Gasteiger partial charge in [0, 0.05) is 27.1 Å². The van der Waals surface area contributed by atoms with Gasteiger partial charge in [0.25, 0.3) is 0 Å². The van der Waals surface area contributed by atoms with Gasteiger partial charge in [-0.15, -0.1) is 11.8 Å². The number of hydrogen-bond donors (Lipinski definition) is 1. The minimum Gasteiger partial charge on any atom is -0.396 e. The summed E-state index contributed by atoms with van der Waals surface area (Å²) in [6.07, 6.45) is 0. The first-order valence-electron chi connectivity index (χ1n) is 6.65. The highest BCUT2D eigenvalue weighted by atomic mass is 32.2. The summed E-state index contributed by atoms with van der Waals surface area (Å²) < 4.78 is 5.21. The van der Waals surface area contributed by atoms with Gasteiger partial charge in [-0.3, -0.25) is 0 Å². The van der Waals surface area contributed by atoms with Gasteiger partial charge in [-0.05, 0) is 17.7 Å². The fraction of sp³-hybridized carbons (Fsp3) is 0.600. The smallest absolute Gasteiger partial charge is 0.0575 e. The lowest BCUT2D eigenvalue weighted by Gasteiger charge is -2.39. The summed E-state index contributed by atoms with van der Waals surface area (Å²) >= 11 is 3.78. The zero-order chi connectivity index (χ0) is 13.7. The lowest BCUT2D eigenvalue weighted by atomic mass is 9.90. The van der Waals surface area contributed by atoms with E-state index in [9.17, 15) is 5.11 Å². The molecule has 0 radical (unpaired) electrons. The topological polar surface area (TPSA) is 29.5 Å². The van der Waals surface area contributed by atoms with Crippen molar-refractivity contribution in [3.8, 4) is 0 Å². The molecule has 1 aliphatic heterocycles. The molecular formula is C15H22O2S2. The highest BCUT2D eigenvalue weighted by molar-refractivity contribution is 8.00. The maximum atomic E-state index is 9.36.